The van der Waals surface area contributed by atoms with E-state index < -0.39 is 0 Å². The molecule has 1 rings (SSSR count). The standard InChI is InChI=1S/C15H25ClN2O/c1-7-15(2,18(4)5)14(17-3)11-8-9-12(16)13(10-11)19-6/h8-10,14,17H,7H2,1-6H3. The van der Waals surface area contributed by atoms with Crippen LogP contribution in [0.1, 0.15) is 31.9 Å². The molecule has 3 nitrogen and oxygen atoms in total. The first-order valence-corrected chi connectivity index (χ1v) is 6.96. The van der Waals surface area contributed by atoms with Gasteiger partial charge in [0.05, 0.1) is 18.2 Å². The fraction of sp³-hybridized carbons (Fsp3) is 0.600. The van der Waals surface area contributed by atoms with Crippen molar-refractivity contribution in [1.82, 2.24) is 10.2 Å². The molecule has 108 valence electrons. The molecule has 2 atom stereocenters. The Morgan fingerprint density at radius 1 is 1.42 bits per heavy atom. The number of hydrogen-bond acceptors (Lipinski definition) is 3. The highest BCUT2D eigenvalue weighted by atomic mass is 35.5. The zero-order valence-corrected chi connectivity index (χ0v) is 13.5. The van der Waals surface area contributed by atoms with E-state index in [1.54, 1.807) is 7.11 Å². The van der Waals surface area contributed by atoms with Gasteiger partial charge in [0.1, 0.15) is 5.75 Å². The molecule has 19 heavy (non-hydrogen) atoms. The summed E-state index contributed by atoms with van der Waals surface area (Å²) in [6.07, 6.45) is 1.04. The van der Waals surface area contributed by atoms with Gasteiger partial charge in [-0.15, -0.1) is 0 Å². The molecule has 0 saturated carbocycles. The van der Waals surface area contributed by atoms with Crippen molar-refractivity contribution >= 4 is 11.6 Å². The number of likely N-dealkylation sites (N-methyl/N-ethyl adjacent to an activating group) is 2. The molecule has 1 N–H and O–H groups in total. The summed E-state index contributed by atoms with van der Waals surface area (Å²) in [5, 5.41) is 4.06. The van der Waals surface area contributed by atoms with Crippen molar-refractivity contribution in [1.29, 1.82) is 0 Å². The van der Waals surface area contributed by atoms with E-state index in [-0.39, 0.29) is 11.6 Å². The van der Waals surface area contributed by atoms with Crippen LogP contribution in [0.2, 0.25) is 5.02 Å². The zero-order valence-electron chi connectivity index (χ0n) is 12.7. The van der Waals surface area contributed by atoms with Crippen LogP contribution in [0.15, 0.2) is 18.2 Å². The third kappa shape index (κ3) is 3.22. The summed E-state index contributed by atoms with van der Waals surface area (Å²) >= 11 is 6.10. The lowest BCUT2D eigenvalue weighted by Gasteiger charge is -2.43. The first-order valence-electron chi connectivity index (χ1n) is 6.58. The van der Waals surface area contributed by atoms with E-state index in [9.17, 15) is 0 Å². The number of nitrogens with zero attached hydrogens (tertiary/aromatic N) is 1. The lowest BCUT2D eigenvalue weighted by atomic mass is 9.83. The predicted octanol–water partition coefficient (Wildman–Crippen LogP) is 3.34. The summed E-state index contributed by atoms with van der Waals surface area (Å²) in [6, 6.07) is 6.18. The molecule has 0 spiro atoms. The number of nitrogens with one attached hydrogen (secondary N) is 1. The Hall–Kier alpha value is -0.770. The molecule has 2 unspecified atom stereocenters. The lowest BCUT2D eigenvalue weighted by Crippen LogP contribution is -2.50. The van der Waals surface area contributed by atoms with Gasteiger partial charge in [-0.3, -0.25) is 0 Å². The molecule has 0 fully saturated rings. The molecular formula is C15H25ClN2O. The maximum atomic E-state index is 6.10. The van der Waals surface area contributed by atoms with Crippen LogP contribution in [0.5, 0.6) is 5.75 Å². The number of ether oxygens (including phenoxy) is 1. The third-order valence-electron chi connectivity index (χ3n) is 4.16. The Kier molecular flexibility index (Phi) is 5.65. The van der Waals surface area contributed by atoms with Crippen LogP contribution in [-0.2, 0) is 0 Å². The molecule has 0 saturated heterocycles. The molecule has 0 aromatic heterocycles. The van der Waals surface area contributed by atoms with Gasteiger partial charge in [0.25, 0.3) is 0 Å². The van der Waals surface area contributed by atoms with E-state index in [0.29, 0.717) is 5.02 Å². The van der Waals surface area contributed by atoms with Gasteiger partial charge < -0.3 is 15.0 Å². The van der Waals surface area contributed by atoms with Crippen molar-refractivity contribution in [2.75, 3.05) is 28.3 Å². The minimum absolute atomic E-state index is 0.0214. The minimum Gasteiger partial charge on any atom is -0.495 e. The summed E-state index contributed by atoms with van der Waals surface area (Å²) in [5.74, 6) is 0.719. The molecule has 4 heteroatoms. The minimum atomic E-state index is 0.0214. The number of hydrogen-bond donors (Lipinski definition) is 1. The van der Waals surface area contributed by atoms with E-state index >= 15 is 0 Å². The van der Waals surface area contributed by atoms with E-state index in [2.05, 4.69) is 44.2 Å². The second-order valence-electron chi connectivity index (χ2n) is 5.22. The third-order valence-corrected chi connectivity index (χ3v) is 4.47. The summed E-state index contributed by atoms with van der Waals surface area (Å²) in [6.45, 7) is 4.47. The van der Waals surface area contributed by atoms with Crippen molar-refractivity contribution in [3.8, 4) is 5.75 Å². The smallest absolute Gasteiger partial charge is 0.137 e. The highest BCUT2D eigenvalue weighted by Gasteiger charge is 2.35. The molecule has 0 aliphatic heterocycles. The van der Waals surface area contributed by atoms with Gasteiger partial charge in [0.2, 0.25) is 0 Å². The van der Waals surface area contributed by atoms with Crippen LogP contribution in [0.4, 0.5) is 0 Å². The van der Waals surface area contributed by atoms with Gasteiger partial charge >= 0.3 is 0 Å². The summed E-state index contributed by atoms with van der Waals surface area (Å²) in [7, 11) is 7.86. The average molecular weight is 285 g/mol. The van der Waals surface area contributed by atoms with Crippen LogP contribution in [-0.4, -0.2) is 38.7 Å². The molecular weight excluding hydrogens is 260 g/mol. The molecule has 0 aliphatic carbocycles. The van der Waals surface area contributed by atoms with Gasteiger partial charge in [0, 0.05) is 5.54 Å². The quantitative estimate of drug-likeness (QED) is 0.867. The van der Waals surface area contributed by atoms with E-state index in [4.69, 9.17) is 16.3 Å². The number of rotatable bonds is 6. The molecule has 0 radical (unpaired) electrons. The fourth-order valence-electron chi connectivity index (χ4n) is 2.47. The number of methoxy groups -OCH3 is 1. The summed E-state index contributed by atoms with van der Waals surface area (Å²) < 4.78 is 5.31. The fourth-order valence-corrected chi connectivity index (χ4v) is 2.67. The SMILES string of the molecule is CCC(C)(C(NC)c1ccc(Cl)c(OC)c1)N(C)C. The van der Waals surface area contributed by atoms with Crippen LogP contribution in [0.3, 0.4) is 0 Å². The topological polar surface area (TPSA) is 24.5 Å². The maximum absolute atomic E-state index is 6.10. The van der Waals surface area contributed by atoms with Crippen molar-refractivity contribution in [3.05, 3.63) is 28.8 Å². The van der Waals surface area contributed by atoms with E-state index in [1.165, 1.54) is 5.56 Å². The van der Waals surface area contributed by atoms with Gasteiger partial charge in [-0.1, -0.05) is 24.6 Å². The molecule has 0 aliphatic rings. The largest absolute Gasteiger partial charge is 0.495 e. The van der Waals surface area contributed by atoms with Crippen LogP contribution >= 0.6 is 11.6 Å². The summed E-state index contributed by atoms with van der Waals surface area (Å²) in [4.78, 5) is 2.26. The van der Waals surface area contributed by atoms with Crippen molar-refractivity contribution < 1.29 is 4.74 Å². The number of halogens is 1. The van der Waals surface area contributed by atoms with Crippen LogP contribution in [0.25, 0.3) is 0 Å². The van der Waals surface area contributed by atoms with Crippen molar-refractivity contribution in [2.24, 2.45) is 0 Å². The van der Waals surface area contributed by atoms with Gasteiger partial charge in [-0.2, -0.15) is 0 Å². The predicted molar refractivity (Wildman–Crippen MR) is 82.2 cm³/mol. The van der Waals surface area contributed by atoms with Crippen molar-refractivity contribution in [3.63, 3.8) is 0 Å². The van der Waals surface area contributed by atoms with Gasteiger partial charge in [-0.05, 0) is 52.2 Å². The van der Waals surface area contributed by atoms with Gasteiger partial charge in [-0.25, -0.2) is 0 Å². The van der Waals surface area contributed by atoms with Crippen molar-refractivity contribution in [2.45, 2.75) is 31.8 Å². The Balaban J connectivity index is 3.23. The highest BCUT2D eigenvalue weighted by Crippen LogP contribution is 2.35. The molecule has 0 heterocycles. The Labute approximate surface area is 121 Å². The zero-order chi connectivity index (χ0) is 14.6. The normalized spacial score (nSPS) is 16.2. The second kappa shape index (κ2) is 6.60. The summed E-state index contributed by atoms with van der Waals surface area (Å²) in [5.41, 5.74) is 1.20. The maximum Gasteiger partial charge on any atom is 0.137 e. The molecule has 0 bridgehead atoms. The number of benzene rings is 1. The monoisotopic (exact) mass is 284 g/mol. The van der Waals surface area contributed by atoms with Crippen LogP contribution < -0.4 is 10.1 Å². The first kappa shape index (κ1) is 16.3. The molecule has 0 amide bonds. The first-order chi connectivity index (χ1) is 8.90. The Bertz CT molecular complexity index is 423. The lowest BCUT2D eigenvalue weighted by molar-refractivity contribution is 0.117. The molecule has 1 aromatic carbocycles. The Morgan fingerprint density at radius 3 is 2.47 bits per heavy atom. The van der Waals surface area contributed by atoms with Gasteiger partial charge in [0.15, 0.2) is 0 Å². The van der Waals surface area contributed by atoms with E-state index in [0.717, 1.165) is 12.2 Å². The average Bonchev–Trinajstić information content (AvgIpc) is 2.40. The highest BCUT2D eigenvalue weighted by molar-refractivity contribution is 6.32. The van der Waals surface area contributed by atoms with E-state index in [1.807, 2.05) is 19.2 Å². The second-order valence-corrected chi connectivity index (χ2v) is 5.63. The van der Waals surface area contributed by atoms with Crippen LogP contribution in [0, 0.1) is 0 Å². The Morgan fingerprint density at radius 2 is 2.05 bits per heavy atom. The molecule has 1 aromatic rings.